The Bertz CT molecular complexity index is 396. The summed E-state index contributed by atoms with van der Waals surface area (Å²) in [7, 11) is 0. The number of hydrogen-bond acceptors (Lipinski definition) is 5. The first-order chi connectivity index (χ1) is 9.61. The Labute approximate surface area is 126 Å². The van der Waals surface area contributed by atoms with E-state index in [1.165, 1.54) is 35.7 Å². The van der Waals surface area contributed by atoms with Crippen LogP contribution < -0.4 is 16.0 Å². The Kier molecular flexibility index (Phi) is 7.89. The number of rotatable bonds is 3. The third-order valence-corrected chi connectivity index (χ3v) is 3.97. The summed E-state index contributed by atoms with van der Waals surface area (Å²) in [5.74, 6) is -0.775. The van der Waals surface area contributed by atoms with E-state index in [2.05, 4.69) is 16.0 Å². The highest BCUT2D eigenvalue weighted by Gasteiger charge is 2.13. The minimum absolute atomic E-state index is 0.142. The van der Waals surface area contributed by atoms with Crippen LogP contribution in [0.4, 0.5) is 0 Å². The summed E-state index contributed by atoms with van der Waals surface area (Å²) >= 11 is 2.93. The largest absolute Gasteiger partial charge is 0.352 e. The van der Waals surface area contributed by atoms with E-state index < -0.39 is 6.17 Å². The van der Waals surface area contributed by atoms with Crippen LogP contribution in [0.5, 0.6) is 0 Å². The van der Waals surface area contributed by atoms with E-state index in [4.69, 9.17) is 0 Å². The van der Waals surface area contributed by atoms with Gasteiger partial charge in [-0.3, -0.25) is 14.4 Å². The quantitative estimate of drug-likeness (QED) is 0.707. The first-order valence-corrected chi connectivity index (χ1v) is 8.15. The number of nitrogens with one attached hydrogen (secondary N) is 3. The number of hydrogen-bond donors (Lipinski definition) is 3. The lowest BCUT2D eigenvalue weighted by atomic mass is 10.4. The van der Waals surface area contributed by atoms with Gasteiger partial charge < -0.3 is 16.0 Å². The molecule has 0 fully saturated rings. The van der Waals surface area contributed by atoms with Gasteiger partial charge in [-0.15, -0.1) is 23.5 Å². The molecule has 0 aromatic rings. The highest BCUT2D eigenvalue weighted by molar-refractivity contribution is 8.18. The number of thioether (sulfide) groups is 2. The molecule has 0 aromatic carbocycles. The van der Waals surface area contributed by atoms with Crippen LogP contribution >= 0.6 is 23.5 Å². The van der Waals surface area contributed by atoms with Gasteiger partial charge in [-0.1, -0.05) is 6.92 Å². The van der Waals surface area contributed by atoms with Crippen molar-refractivity contribution >= 4 is 41.2 Å². The molecule has 0 saturated carbocycles. The van der Waals surface area contributed by atoms with E-state index in [1.807, 2.05) is 0 Å². The van der Waals surface area contributed by atoms with Gasteiger partial charge in [-0.05, 0) is 10.8 Å². The van der Waals surface area contributed by atoms with Crippen LogP contribution in [0, 0.1) is 0 Å². The molecule has 6 nitrogen and oxygen atoms in total. The summed E-state index contributed by atoms with van der Waals surface area (Å²) in [6, 6.07) is 0. The highest BCUT2D eigenvalue weighted by atomic mass is 32.2. The maximum absolute atomic E-state index is 11.6. The molecule has 0 atom stereocenters. The second-order valence-corrected chi connectivity index (χ2v) is 5.94. The Morgan fingerprint density at radius 3 is 2.30 bits per heavy atom. The predicted octanol–water partition coefficient (Wildman–Crippen LogP) is 0.536. The van der Waals surface area contributed by atoms with Gasteiger partial charge >= 0.3 is 0 Å². The summed E-state index contributed by atoms with van der Waals surface area (Å²) in [5, 5.41) is 12.0. The summed E-state index contributed by atoms with van der Waals surface area (Å²) in [6.07, 6.45) is 2.50. The fourth-order valence-corrected chi connectivity index (χ4v) is 2.64. The van der Waals surface area contributed by atoms with Gasteiger partial charge in [0.25, 0.3) is 0 Å². The molecular formula is C12H17N3O3S2. The molecule has 110 valence electrons. The molecule has 1 rings (SSSR count). The molecule has 0 radical (unpaired) electrons. The standard InChI is InChI=1S/C12H17N3O3S2/c1-2-10(16)13-7-9-14-11(17)3-5-19-8-20-6-4-12(18)15-9/h3-6,9H,2,7-8H2,1H3,(H,13,16)(H,14,17)(H,15,18). The predicted molar refractivity (Wildman–Crippen MR) is 81.7 cm³/mol. The maximum atomic E-state index is 11.6. The molecule has 0 bridgehead atoms. The fourth-order valence-electron chi connectivity index (χ4n) is 1.26. The molecule has 0 unspecified atom stereocenters. The van der Waals surface area contributed by atoms with E-state index in [0.717, 1.165) is 5.08 Å². The molecule has 0 saturated heterocycles. The van der Waals surface area contributed by atoms with Crippen LogP contribution in [0.15, 0.2) is 23.0 Å². The van der Waals surface area contributed by atoms with Crippen molar-refractivity contribution in [3.8, 4) is 0 Å². The Morgan fingerprint density at radius 2 is 1.80 bits per heavy atom. The number of carbonyl (C=O) groups excluding carboxylic acids is 3. The third kappa shape index (κ3) is 7.25. The van der Waals surface area contributed by atoms with Crippen LogP contribution in [-0.4, -0.2) is 35.5 Å². The van der Waals surface area contributed by atoms with Gasteiger partial charge in [0.2, 0.25) is 17.7 Å². The van der Waals surface area contributed by atoms with Crippen molar-refractivity contribution in [2.24, 2.45) is 0 Å². The van der Waals surface area contributed by atoms with Crippen LogP contribution in [0.25, 0.3) is 0 Å². The minimum Gasteiger partial charge on any atom is -0.352 e. The van der Waals surface area contributed by atoms with E-state index in [-0.39, 0.29) is 24.3 Å². The average molecular weight is 315 g/mol. The molecule has 0 aliphatic carbocycles. The third-order valence-electron chi connectivity index (χ3n) is 2.22. The second kappa shape index (κ2) is 9.49. The van der Waals surface area contributed by atoms with Crippen molar-refractivity contribution in [2.75, 3.05) is 11.6 Å². The van der Waals surface area contributed by atoms with Crippen LogP contribution in [0.3, 0.4) is 0 Å². The topological polar surface area (TPSA) is 87.3 Å². The average Bonchev–Trinajstić information content (AvgIpc) is 2.41. The summed E-state index contributed by atoms with van der Waals surface area (Å²) < 4.78 is 0. The molecule has 20 heavy (non-hydrogen) atoms. The fraction of sp³-hybridized carbons (Fsp3) is 0.417. The lowest BCUT2D eigenvalue weighted by Crippen LogP contribution is -2.53. The highest BCUT2D eigenvalue weighted by Crippen LogP contribution is 2.14. The van der Waals surface area contributed by atoms with E-state index in [9.17, 15) is 14.4 Å². The van der Waals surface area contributed by atoms with Crippen molar-refractivity contribution in [1.82, 2.24) is 16.0 Å². The summed E-state index contributed by atoms with van der Waals surface area (Å²) in [5.41, 5.74) is 0. The zero-order valence-electron chi connectivity index (χ0n) is 11.0. The molecule has 3 amide bonds. The van der Waals surface area contributed by atoms with E-state index in [0.29, 0.717) is 6.42 Å². The van der Waals surface area contributed by atoms with Crippen LogP contribution in [-0.2, 0) is 14.4 Å². The lowest BCUT2D eigenvalue weighted by molar-refractivity contribution is -0.123. The number of amides is 3. The van der Waals surface area contributed by atoms with Crippen molar-refractivity contribution in [1.29, 1.82) is 0 Å². The van der Waals surface area contributed by atoms with Crippen LogP contribution in [0.1, 0.15) is 13.3 Å². The van der Waals surface area contributed by atoms with Gasteiger partial charge in [0.15, 0.2) is 0 Å². The van der Waals surface area contributed by atoms with Gasteiger partial charge in [0.05, 0.1) is 6.54 Å². The van der Waals surface area contributed by atoms with E-state index >= 15 is 0 Å². The van der Waals surface area contributed by atoms with Crippen LogP contribution in [0.2, 0.25) is 0 Å². The van der Waals surface area contributed by atoms with E-state index in [1.54, 1.807) is 17.7 Å². The van der Waals surface area contributed by atoms with Gasteiger partial charge in [-0.2, -0.15) is 0 Å². The molecule has 0 spiro atoms. The smallest absolute Gasteiger partial charge is 0.246 e. The summed E-state index contributed by atoms with van der Waals surface area (Å²) in [4.78, 5) is 34.5. The molecule has 1 heterocycles. The Hall–Kier alpha value is -1.41. The van der Waals surface area contributed by atoms with Crippen molar-refractivity contribution in [2.45, 2.75) is 19.5 Å². The SMILES string of the molecule is CCC(=O)NCC1NC(=O)C=CSCSC=CC(=O)N1. The molecular weight excluding hydrogens is 298 g/mol. The van der Waals surface area contributed by atoms with Crippen molar-refractivity contribution in [3.63, 3.8) is 0 Å². The normalized spacial score (nSPS) is 20.4. The summed E-state index contributed by atoms with van der Waals surface area (Å²) in [6.45, 7) is 1.87. The first kappa shape index (κ1) is 16.6. The zero-order valence-corrected chi connectivity index (χ0v) is 12.7. The number of carbonyl (C=O) groups is 3. The second-order valence-electron chi connectivity index (χ2n) is 3.78. The lowest BCUT2D eigenvalue weighted by Gasteiger charge is -2.19. The molecule has 1 aliphatic heterocycles. The molecule has 8 heteroatoms. The van der Waals surface area contributed by atoms with Gasteiger partial charge in [0, 0.05) is 23.7 Å². The monoisotopic (exact) mass is 315 g/mol. The maximum Gasteiger partial charge on any atom is 0.246 e. The zero-order chi connectivity index (χ0) is 14.8. The van der Waals surface area contributed by atoms with Crippen molar-refractivity contribution < 1.29 is 14.4 Å². The molecule has 3 N–H and O–H groups in total. The Morgan fingerprint density at radius 1 is 1.25 bits per heavy atom. The Balaban J connectivity index is 2.64. The first-order valence-electron chi connectivity index (χ1n) is 6.05. The van der Waals surface area contributed by atoms with Gasteiger partial charge in [0.1, 0.15) is 6.17 Å². The minimum atomic E-state index is -0.644. The molecule has 0 aromatic heterocycles. The van der Waals surface area contributed by atoms with Crippen molar-refractivity contribution in [3.05, 3.63) is 23.0 Å². The van der Waals surface area contributed by atoms with Gasteiger partial charge in [-0.25, -0.2) is 0 Å². The molecule has 1 aliphatic rings.